The molecule has 3 unspecified atom stereocenters. The number of carbonyl (C=O) groups excluding carboxylic acids is 1. The van der Waals surface area contributed by atoms with Crippen LogP contribution in [0.5, 0.6) is 0 Å². The highest BCUT2D eigenvalue weighted by Crippen LogP contribution is 2.54. The fraction of sp³-hybridized carbons (Fsp3) is 0.697. The predicted octanol–water partition coefficient (Wildman–Crippen LogP) is 7.79. The molecular formula is C33H55NO5. The Labute approximate surface area is 239 Å². The zero-order chi connectivity index (χ0) is 30.6. The third kappa shape index (κ3) is 13.3. The number of allylic oxidation sites excluding steroid dienone is 2. The highest BCUT2D eigenvalue weighted by Gasteiger charge is 2.56. The number of nitrogens with one attached hydrogen (secondary N) is 1. The fourth-order valence-electron chi connectivity index (χ4n) is 5.78. The van der Waals surface area contributed by atoms with Gasteiger partial charge in [-0.2, -0.15) is 0 Å². The largest absolute Gasteiger partial charge is 0.467 e. The maximum Gasteiger partial charge on any atom is 0.405 e. The van der Waals surface area contributed by atoms with Gasteiger partial charge in [0.25, 0.3) is 0 Å². The van der Waals surface area contributed by atoms with Crippen LogP contribution < -0.4 is 5.32 Å². The normalized spacial score (nSPS) is 22.2. The summed E-state index contributed by atoms with van der Waals surface area (Å²) in [4.78, 5) is 22.0. The van der Waals surface area contributed by atoms with E-state index in [0.717, 1.165) is 44.6 Å². The minimum Gasteiger partial charge on any atom is -0.467 e. The number of hydrogen-bond donors (Lipinski definition) is 2. The van der Waals surface area contributed by atoms with E-state index in [1.54, 1.807) is 5.57 Å². The van der Waals surface area contributed by atoms with E-state index in [0.29, 0.717) is 11.0 Å². The fourth-order valence-corrected chi connectivity index (χ4v) is 5.78. The van der Waals surface area contributed by atoms with Crippen LogP contribution in [0.15, 0.2) is 24.3 Å². The van der Waals surface area contributed by atoms with Crippen LogP contribution in [0.4, 0.5) is 4.79 Å². The molecule has 3 fully saturated rings. The molecule has 3 aliphatic rings. The van der Waals surface area contributed by atoms with Gasteiger partial charge in [-0.1, -0.05) is 57.1 Å². The molecule has 2 saturated carbocycles. The molecule has 0 radical (unpaired) electrons. The minimum atomic E-state index is -1.17. The SMILES string of the molecule is C#C.C#C.C=C.CC(C)=C(C)CCC(C)(C)C1CCCCC12CO2.COC(=O)C(NC(=O)O)C1CCCCC1. The van der Waals surface area contributed by atoms with Gasteiger partial charge in [-0.3, -0.25) is 0 Å². The summed E-state index contributed by atoms with van der Waals surface area (Å²) in [5.74, 6) is 0.385. The van der Waals surface area contributed by atoms with E-state index in [9.17, 15) is 9.59 Å². The molecular weight excluding hydrogens is 490 g/mol. The Kier molecular flexibility index (Phi) is 20.0. The Hall–Kier alpha value is -2.70. The Morgan fingerprint density at radius 3 is 1.97 bits per heavy atom. The molecule has 0 aromatic rings. The molecule has 0 aromatic heterocycles. The van der Waals surface area contributed by atoms with Crippen molar-refractivity contribution in [3.05, 3.63) is 24.3 Å². The van der Waals surface area contributed by atoms with Crippen molar-refractivity contribution < 1.29 is 24.2 Å². The van der Waals surface area contributed by atoms with Crippen molar-refractivity contribution in [3.8, 4) is 25.7 Å². The van der Waals surface area contributed by atoms with Gasteiger partial charge in [0.15, 0.2) is 0 Å². The van der Waals surface area contributed by atoms with Gasteiger partial charge in [-0.25, -0.2) is 9.59 Å². The van der Waals surface area contributed by atoms with Crippen molar-refractivity contribution in [3.63, 3.8) is 0 Å². The second-order valence-corrected chi connectivity index (χ2v) is 11.3. The summed E-state index contributed by atoms with van der Waals surface area (Å²) in [5.41, 5.74) is 3.78. The van der Waals surface area contributed by atoms with Crippen LogP contribution in [0.2, 0.25) is 0 Å². The number of amides is 1. The average Bonchev–Trinajstić information content (AvgIpc) is 3.72. The van der Waals surface area contributed by atoms with E-state index >= 15 is 0 Å². The van der Waals surface area contributed by atoms with Crippen molar-refractivity contribution in [2.75, 3.05) is 13.7 Å². The number of hydrogen-bond acceptors (Lipinski definition) is 4. The van der Waals surface area contributed by atoms with E-state index in [-0.39, 0.29) is 5.92 Å². The maximum absolute atomic E-state index is 11.4. The molecule has 6 nitrogen and oxygen atoms in total. The molecule has 0 aromatic carbocycles. The van der Waals surface area contributed by atoms with E-state index in [2.05, 4.69) is 83.5 Å². The van der Waals surface area contributed by atoms with Gasteiger partial charge in [0.05, 0.1) is 19.3 Å². The van der Waals surface area contributed by atoms with Crippen molar-refractivity contribution >= 4 is 12.1 Å². The summed E-state index contributed by atoms with van der Waals surface area (Å²) in [5, 5.41) is 10.9. The zero-order valence-corrected chi connectivity index (χ0v) is 25.5. The lowest BCUT2D eigenvalue weighted by atomic mass is 9.63. The first kappa shape index (κ1) is 38.4. The van der Waals surface area contributed by atoms with E-state index in [1.807, 2.05) is 0 Å². The Morgan fingerprint density at radius 2 is 1.54 bits per heavy atom. The summed E-state index contributed by atoms with van der Waals surface area (Å²) in [6.07, 6.45) is 27.9. The third-order valence-corrected chi connectivity index (χ3v) is 8.29. The van der Waals surface area contributed by atoms with E-state index in [1.165, 1.54) is 51.2 Å². The summed E-state index contributed by atoms with van der Waals surface area (Å²) in [6.45, 7) is 18.7. The number of carbonyl (C=O) groups is 2. The first-order valence-electron chi connectivity index (χ1n) is 14.0. The monoisotopic (exact) mass is 545 g/mol. The summed E-state index contributed by atoms with van der Waals surface area (Å²) < 4.78 is 10.5. The van der Waals surface area contributed by atoms with Crippen LogP contribution >= 0.6 is 0 Å². The molecule has 3 rings (SSSR count). The highest BCUT2D eigenvalue weighted by atomic mass is 16.6. The van der Waals surface area contributed by atoms with Crippen LogP contribution in [0.1, 0.15) is 105 Å². The number of methoxy groups -OCH3 is 1. The number of carboxylic acid groups (broad SMARTS) is 1. The molecule has 1 saturated heterocycles. The Morgan fingerprint density at radius 1 is 1.03 bits per heavy atom. The molecule has 2 aliphatic carbocycles. The number of epoxide rings is 1. The van der Waals surface area contributed by atoms with Gasteiger partial charge < -0.3 is 19.9 Å². The van der Waals surface area contributed by atoms with Crippen molar-refractivity contribution in [2.45, 2.75) is 117 Å². The molecule has 1 spiro atoms. The Bertz CT molecular complexity index is 774. The molecule has 2 N–H and O–H groups in total. The summed E-state index contributed by atoms with van der Waals surface area (Å²) in [6, 6.07) is -0.701. The maximum atomic E-state index is 11.4. The third-order valence-electron chi connectivity index (χ3n) is 8.29. The van der Waals surface area contributed by atoms with Gasteiger partial charge in [0.1, 0.15) is 6.04 Å². The Balaban J connectivity index is 0. The summed E-state index contributed by atoms with van der Waals surface area (Å²) >= 11 is 0. The number of terminal acetylenes is 2. The minimum absolute atomic E-state index is 0.0855. The van der Waals surface area contributed by atoms with E-state index < -0.39 is 18.1 Å². The van der Waals surface area contributed by atoms with Crippen LogP contribution in [0, 0.1) is 42.9 Å². The van der Waals surface area contributed by atoms with Gasteiger partial charge >= 0.3 is 12.1 Å². The molecule has 6 heteroatoms. The van der Waals surface area contributed by atoms with Crippen molar-refractivity contribution in [2.24, 2.45) is 17.3 Å². The number of rotatable bonds is 7. The first-order chi connectivity index (χ1) is 18.5. The van der Waals surface area contributed by atoms with Gasteiger partial charge in [0, 0.05) is 0 Å². The average molecular weight is 546 g/mol. The van der Waals surface area contributed by atoms with Gasteiger partial charge in [-0.05, 0) is 76.5 Å². The topological polar surface area (TPSA) is 88.2 Å². The second-order valence-electron chi connectivity index (χ2n) is 11.3. The second kappa shape index (κ2) is 20.2. The molecule has 3 atom stereocenters. The van der Waals surface area contributed by atoms with Crippen LogP contribution in [-0.4, -0.2) is 42.5 Å². The molecule has 0 bridgehead atoms. The summed E-state index contributed by atoms with van der Waals surface area (Å²) in [7, 11) is 1.28. The standard InChI is InChI=1S/C17H30O.C10H17NO4.C2H4.2C2H2/c1-13(2)14(3)9-11-16(4,5)15-8-6-7-10-17(15)12-18-17;1-15-9(12)8(11-10(13)14)7-5-3-2-4-6-7;3*1-2/h15H,6-12H2,1-5H3;7-8,11H,2-6H2,1H3,(H,13,14);1-2H2;2*1-2H. The lowest BCUT2D eigenvalue weighted by Gasteiger charge is -2.41. The molecule has 1 heterocycles. The molecule has 1 amide bonds. The number of ether oxygens (including phenoxy) is 2. The zero-order valence-electron chi connectivity index (χ0n) is 25.5. The van der Waals surface area contributed by atoms with Crippen LogP contribution in [0.3, 0.4) is 0 Å². The van der Waals surface area contributed by atoms with Crippen molar-refractivity contribution in [1.82, 2.24) is 5.32 Å². The van der Waals surface area contributed by atoms with Crippen LogP contribution in [-0.2, 0) is 14.3 Å². The highest BCUT2D eigenvalue weighted by molar-refractivity contribution is 5.80. The lowest BCUT2D eigenvalue weighted by Crippen LogP contribution is -2.46. The molecule has 1 aliphatic heterocycles. The first-order valence-corrected chi connectivity index (χ1v) is 14.0. The molecule has 222 valence electrons. The predicted molar refractivity (Wildman–Crippen MR) is 162 cm³/mol. The van der Waals surface area contributed by atoms with Crippen LogP contribution in [0.25, 0.3) is 0 Å². The quantitative estimate of drug-likeness (QED) is 0.148. The van der Waals surface area contributed by atoms with Crippen molar-refractivity contribution in [1.29, 1.82) is 0 Å². The van der Waals surface area contributed by atoms with Gasteiger partial charge in [0.2, 0.25) is 0 Å². The molecule has 39 heavy (non-hydrogen) atoms. The smallest absolute Gasteiger partial charge is 0.405 e. The lowest BCUT2D eigenvalue weighted by molar-refractivity contribution is -0.144. The van der Waals surface area contributed by atoms with E-state index in [4.69, 9.17) is 9.84 Å². The number of esters is 1. The van der Waals surface area contributed by atoms with Gasteiger partial charge in [-0.15, -0.1) is 38.9 Å².